The maximum Gasteiger partial charge on any atom is 0.0613 e. The highest BCUT2D eigenvalue weighted by Crippen LogP contribution is 2.23. The largest absolute Gasteiger partial charge is 0.396 e. The molecule has 0 aromatic heterocycles. The van der Waals surface area contributed by atoms with Crippen LogP contribution >= 0.6 is 0 Å². The second kappa shape index (κ2) is 4.73. The molecule has 0 fully saturated rings. The Kier molecular flexibility index (Phi) is 4.69. The molecule has 0 rings (SSSR count). The number of hydrogen-bond acceptors (Lipinski definition) is 2. The lowest BCUT2D eigenvalue weighted by molar-refractivity contribution is 0.00170. The van der Waals surface area contributed by atoms with E-state index in [1.807, 2.05) is 13.8 Å². The highest BCUT2D eigenvalue weighted by molar-refractivity contribution is 4.76. The Balaban J connectivity index is 3.71. The predicted molar refractivity (Wildman–Crippen MR) is 46.4 cm³/mol. The average molecular weight is 160 g/mol. The van der Waals surface area contributed by atoms with Crippen LogP contribution in [0.25, 0.3) is 0 Å². The van der Waals surface area contributed by atoms with Gasteiger partial charge < -0.3 is 10.2 Å². The van der Waals surface area contributed by atoms with Gasteiger partial charge in [-0.15, -0.1) is 0 Å². The third-order valence-corrected chi connectivity index (χ3v) is 2.14. The van der Waals surface area contributed by atoms with Crippen molar-refractivity contribution in [2.45, 2.75) is 46.1 Å². The van der Waals surface area contributed by atoms with E-state index >= 15 is 0 Å². The van der Waals surface area contributed by atoms with Crippen LogP contribution in [0, 0.1) is 5.41 Å². The summed E-state index contributed by atoms with van der Waals surface area (Å²) in [6, 6.07) is 0. The molecular weight excluding hydrogens is 140 g/mol. The monoisotopic (exact) mass is 160 g/mol. The number of aliphatic hydroxyl groups is 2. The smallest absolute Gasteiger partial charge is 0.0613 e. The zero-order valence-electron chi connectivity index (χ0n) is 7.80. The molecular formula is C9H20O2. The summed E-state index contributed by atoms with van der Waals surface area (Å²) in [5, 5.41) is 18.5. The fourth-order valence-electron chi connectivity index (χ4n) is 0.894. The molecule has 0 aromatic carbocycles. The van der Waals surface area contributed by atoms with E-state index in [1.165, 1.54) is 0 Å². The minimum Gasteiger partial charge on any atom is -0.396 e. The van der Waals surface area contributed by atoms with Crippen molar-refractivity contribution in [3.8, 4) is 0 Å². The van der Waals surface area contributed by atoms with E-state index < -0.39 is 0 Å². The molecule has 2 heteroatoms. The molecule has 0 aliphatic heterocycles. The van der Waals surface area contributed by atoms with E-state index in [1.54, 1.807) is 0 Å². The van der Waals surface area contributed by atoms with E-state index in [9.17, 15) is 5.11 Å². The van der Waals surface area contributed by atoms with Crippen LogP contribution in [0.5, 0.6) is 0 Å². The standard InChI is InChI=1S/C9H20O2/c1-4-5-6-8(11)9(2,3)7-10/h8,10-11H,4-7H2,1-3H3. The van der Waals surface area contributed by atoms with Crippen LogP contribution in [0.3, 0.4) is 0 Å². The molecule has 2 nitrogen and oxygen atoms in total. The van der Waals surface area contributed by atoms with Gasteiger partial charge in [-0.3, -0.25) is 0 Å². The summed E-state index contributed by atoms with van der Waals surface area (Å²) in [6.07, 6.45) is 2.56. The maximum absolute atomic E-state index is 9.55. The van der Waals surface area contributed by atoms with Gasteiger partial charge in [-0.1, -0.05) is 33.6 Å². The Hall–Kier alpha value is -0.0800. The summed E-state index contributed by atoms with van der Waals surface area (Å²) >= 11 is 0. The molecule has 0 saturated heterocycles. The average Bonchev–Trinajstić information content (AvgIpc) is 2.00. The third-order valence-electron chi connectivity index (χ3n) is 2.14. The molecule has 11 heavy (non-hydrogen) atoms. The van der Waals surface area contributed by atoms with Crippen molar-refractivity contribution in [3.05, 3.63) is 0 Å². The molecule has 1 unspecified atom stereocenters. The summed E-state index contributed by atoms with van der Waals surface area (Å²) in [5.41, 5.74) is -0.338. The molecule has 0 aliphatic rings. The van der Waals surface area contributed by atoms with Gasteiger partial charge in [-0.05, 0) is 6.42 Å². The fraction of sp³-hybridized carbons (Fsp3) is 1.00. The van der Waals surface area contributed by atoms with E-state index in [0.717, 1.165) is 19.3 Å². The lowest BCUT2D eigenvalue weighted by Gasteiger charge is -2.28. The Morgan fingerprint density at radius 2 is 1.91 bits per heavy atom. The molecule has 0 heterocycles. The first-order chi connectivity index (χ1) is 5.04. The number of rotatable bonds is 5. The minimum atomic E-state index is -0.368. The summed E-state index contributed by atoms with van der Waals surface area (Å²) in [6.45, 7) is 5.91. The van der Waals surface area contributed by atoms with Crippen molar-refractivity contribution in [1.82, 2.24) is 0 Å². The molecule has 68 valence electrons. The highest BCUT2D eigenvalue weighted by Gasteiger charge is 2.25. The van der Waals surface area contributed by atoms with Crippen LogP contribution in [0.2, 0.25) is 0 Å². The van der Waals surface area contributed by atoms with E-state index in [0.29, 0.717) is 0 Å². The Morgan fingerprint density at radius 3 is 2.27 bits per heavy atom. The second-order valence-electron chi connectivity index (χ2n) is 3.80. The van der Waals surface area contributed by atoms with Gasteiger partial charge in [-0.25, -0.2) is 0 Å². The molecule has 0 saturated carbocycles. The van der Waals surface area contributed by atoms with Crippen molar-refractivity contribution < 1.29 is 10.2 Å². The van der Waals surface area contributed by atoms with Crippen LogP contribution in [-0.2, 0) is 0 Å². The zero-order chi connectivity index (χ0) is 8.91. The van der Waals surface area contributed by atoms with Gasteiger partial charge in [0.05, 0.1) is 12.7 Å². The number of unbranched alkanes of at least 4 members (excludes halogenated alkanes) is 1. The SMILES string of the molecule is CCCCC(O)C(C)(C)CO. The van der Waals surface area contributed by atoms with Gasteiger partial charge in [0.15, 0.2) is 0 Å². The zero-order valence-corrected chi connectivity index (χ0v) is 7.80. The van der Waals surface area contributed by atoms with Gasteiger partial charge in [0.2, 0.25) is 0 Å². The molecule has 2 N–H and O–H groups in total. The van der Waals surface area contributed by atoms with Crippen LogP contribution in [0.15, 0.2) is 0 Å². The molecule has 0 radical (unpaired) electrons. The number of hydrogen-bond donors (Lipinski definition) is 2. The van der Waals surface area contributed by atoms with Crippen LogP contribution in [0.4, 0.5) is 0 Å². The van der Waals surface area contributed by atoms with Crippen molar-refractivity contribution in [3.63, 3.8) is 0 Å². The Morgan fingerprint density at radius 1 is 1.36 bits per heavy atom. The molecule has 0 spiro atoms. The third kappa shape index (κ3) is 3.73. The lowest BCUT2D eigenvalue weighted by atomic mass is 9.85. The quantitative estimate of drug-likeness (QED) is 0.640. The van der Waals surface area contributed by atoms with Crippen molar-refractivity contribution >= 4 is 0 Å². The van der Waals surface area contributed by atoms with Crippen LogP contribution < -0.4 is 0 Å². The maximum atomic E-state index is 9.55. The van der Waals surface area contributed by atoms with Crippen LogP contribution in [-0.4, -0.2) is 22.9 Å². The molecule has 0 aromatic rings. The summed E-state index contributed by atoms with van der Waals surface area (Å²) in [5.74, 6) is 0. The van der Waals surface area contributed by atoms with E-state index in [-0.39, 0.29) is 18.1 Å². The molecule has 0 bridgehead atoms. The number of aliphatic hydroxyl groups excluding tert-OH is 2. The second-order valence-corrected chi connectivity index (χ2v) is 3.80. The van der Waals surface area contributed by atoms with Gasteiger partial charge in [0, 0.05) is 5.41 Å². The predicted octanol–water partition coefficient (Wildman–Crippen LogP) is 1.56. The summed E-state index contributed by atoms with van der Waals surface area (Å²) in [7, 11) is 0. The lowest BCUT2D eigenvalue weighted by Crippen LogP contribution is -2.32. The summed E-state index contributed by atoms with van der Waals surface area (Å²) in [4.78, 5) is 0. The topological polar surface area (TPSA) is 40.5 Å². The van der Waals surface area contributed by atoms with Gasteiger partial charge in [0.25, 0.3) is 0 Å². The summed E-state index contributed by atoms with van der Waals surface area (Å²) < 4.78 is 0. The van der Waals surface area contributed by atoms with Gasteiger partial charge >= 0.3 is 0 Å². The Labute approximate surface area is 69.2 Å². The fourth-order valence-corrected chi connectivity index (χ4v) is 0.894. The molecule has 1 atom stereocenters. The first kappa shape index (κ1) is 10.9. The molecule has 0 aliphatic carbocycles. The normalized spacial score (nSPS) is 15.0. The van der Waals surface area contributed by atoms with E-state index in [2.05, 4.69) is 6.92 Å². The van der Waals surface area contributed by atoms with E-state index in [4.69, 9.17) is 5.11 Å². The van der Waals surface area contributed by atoms with Gasteiger partial charge in [-0.2, -0.15) is 0 Å². The van der Waals surface area contributed by atoms with Crippen LogP contribution in [0.1, 0.15) is 40.0 Å². The first-order valence-corrected chi connectivity index (χ1v) is 4.33. The Bertz CT molecular complexity index is 99.7. The van der Waals surface area contributed by atoms with Gasteiger partial charge in [0.1, 0.15) is 0 Å². The first-order valence-electron chi connectivity index (χ1n) is 4.33. The van der Waals surface area contributed by atoms with Crippen molar-refractivity contribution in [2.24, 2.45) is 5.41 Å². The van der Waals surface area contributed by atoms with Crippen molar-refractivity contribution in [2.75, 3.05) is 6.61 Å². The van der Waals surface area contributed by atoms with Crippen molar-refractivity contribution in [1.29, 1.82) is 0 Å². The molecule has 0 amide bonds. The minimum absolute atomic E-state index is 0.0535. The highest BCUT2D eigenvalue weighted by atomic mass is 16.3.